The van der Waals surface area contributed by atoms with Gasteiger partial charge in [-0.25, -0.2) is 4.79 Å². The van der Waals surface area contributed by atoms with Crippen molar-refractivity contribution in [1.82, 2.24) is 4.90 Å². The molecule has 7 nitrogen and oxygen atoms in total. The van der Waals surface area contributed by atoms with Gasteiger partial charge in [0.15, 0.2) is 0 Å². The first-order valence-electron chi connectivity index (χ1n) is 14.1. The van der Waals surface area contributed by atoms with E-state index < -0.39 is 11.9 Å². The monoisotopic (exact) mass is 567 g/mol. The number of carboxylic acids is 2. The summed E-state index contributed by atoms with van der Waals surface area (Å²) in [6.07, 6.45) is 2.19. The van der Waals surface area contributed by atoms with Gasteiger partial charge >= 0.3 is 11.9 Å². The first kappa shape index (κ1) is 30.3. The topological polar surface area (TPSA) is 96.3 Å². The first-order valence-corrected chi connectivity index (χ1v) is 14.1. The molecule has 0 aliphatic heterocycles. The molecule has 0 amide bonds. The molecule has 0 aromatic heterocycles. The number of hydrogen-bond acceptors (Lipinski definition) is 5. The largest absolute Gasteiger partial charge is 0.496 e. The third-order valence-corrected chi connectivity index (χ3v) is 7.17. The number of methoxy groups -OCH3 is 1. The smallest absolute Gasteiger partial charge is 0.335 e. The van der Waals surface area contributed by atoms with E-state index >= 15 is 0 Å². The van der Waals surface area contributed by atoms with Crippen molar-refractivity contribution in [3.05, 3.63) is 119 Å². The highest BCUT2D eigenvalue weighted by Crippen LogP contribution is 2.25. The molecule has 42 heavy (non-hydrogen) atoms. The Morgan fingerprint density at radius 2 is 1.45 bits per heavy atom. The van der Waals surface area contributed by atoms with Crippen molar-refractivity contribution in [2.75, 3.05) is 20.2 Å². The Morgan fingerprint density at radius 3 is 2.17 bits per heavy atom. The molecule has 218 valence electrons. The number of aromatic carboxylic acids is 1. The van der Waals surface area contributed by atoms with Gasteiger partial charge in [0.25, 0.3) is 0 Å². The lowest BCUT2D eigenvalue weighted by molar-refractivity contribution is -0.137. The van der Waals surface area contributed by atoms with Crippen LogP contribution in [0.5, 0.6) is 11.5 Å². The van der Waals surface area contributed by atoms with Crippen LogP contribution in [0.3, 0.4) is 0 Å². The van der Waals surface area contributed by atoms with Crippen LogP contribution in [0.15, 0.2) is 97.1 Å². The van der Waals surface area contributed by atoms with Crippen molar-refractivity contribution in [2.45, 2.75) is 38.8 Å². The lowest BCUT2D eigenvalue weighted by Crippen LogP contribution is -2.27. The SMILES string of the molecule is COc1cc(C(=O)O)ccc1CN(CCCCC(=O)O)CCc1ccccc1OCc1ccc(-c2ccccc2)cc1. The van der Waals surface area contributed by atoms with Crippen molar-refractivity contribution >= 4 is 11.9 Å². The zero-order chi connectivity index (χ0) is 29.7. The van der Waals surface area contributed by atoms with Crippen LogP contribution in [0, 0.1) is 0 Å². The van der Waals surface area contributed by atoms with E-state index in [9.17, 15) is 14.7 Å². The van der Waals surface area contributed by atoms with Gasteiger partial charge < -0.3 is 19.7 Å². The molecule has 0 saturated carbocycles. The van der Waals surface area contributed by atoms with Crippen molar-refractivity contribution in [1.29, 1.82) is 0 Å². The Bertz CT molecular complexity index is 1450. The fourth-order valence-corrected chi connectivity index (χ4v) is 4.85. The van der Waals surface area contributed by atoms with Gasteiger partial charge in [0.1, 0.15) is 18.1 Å². The fourth-order valence-electron chi connectivity index (χ4n) is 4.85. The number of carboxylic acid groups (broad SMARTS) is 2. The van der Waals surface area contributed by atoms with Crippen molar-refractivity contribution in [2.24, 2.45) is 0 Å². The normalized spacial score (nSPS) is 10.9. The van der Waals surface area contributed by atoms with E-state index in [1.807, 2.05) is 36.4 Å². The standard InChI is InChI=1S/C35H37NO6/c1-41-33-23-30(35(39)40)18-19-31(33)24-36(21-8-7-13-34(37)38)22-20-29-11-5-6-12-32(29)42-25-26-14-16-28(17-15-26)27-9-3-2-4-10-27/h2-6,9-12,14-19,23H,7-8,13,20-22,24-25H2,1H3,(H,37,38)(H,39,40). The van der Waals surface area contributed by atoms with Crippen LogP contribution >= 0.6 is 0 Å². The third kappa shape index (κ3) is 8.94. The van der Waals surface area contributed by atoms with Crippen molar-refractivity contribution in [3.63, 3.8) is 0 Å². The second-order valence-corrected chi connectivity index (χ2v) is 10.2. The summed E-state index contributed by atoms with van der Waals surface area (Å²) in [5.74, 6) is -0.450. The predicted octanol–water partition coefficient (Wildman–Crippen LogP) is 6.94. The molecule has 4 aromatic carbocycles. The van der Waals surface area contributed by atoms with Crippen LogP contribution in [0.25, 0.3) is 11.1 Å². The summed E-state index contributed by atoms with van der Waals surface area (Å²) in [7, 11) is 1.53. The first-order chi connectivity index (χ1) is 20.4. The van der Waals surface area contributed by atoms with Gasteiger partial charge in [-0.2, -0.15) is 0 Å². The van der Waals surface area contributed by atoms with Crippen LogP contribution in [0.2, 0.25) is 0 Å². The Morgan fingerprint density at radius 1 is 0.738 bits per heavy atom. The molecule has 4 rings (SSSR count). The summed E-state index contributed by atoms with van der Waals surface area (Å²) in [6.45, 7) is 2.42. The number of aliphatic carboxylic acids is 1. The lowest BCUT2D eigenvalue weighted by atomic mass is 10.0. The number of benzene rings is 4. The van der Waals surface area contributed by atoms with E-state index in [1.165, 1.54) is 18.7 Å². The second-order valence-electron chi connectivity index (χ2n) is 10.2. The van der Waals surface area contributed by atoms with E-state index in [-0.39, 0.29) is 12.0 Å². The molecule has 0 saturated heterocycles. The van der Waals surface area contributed by atoms with E-state index in [0.29, 0.717) is 38.4 Å². The molecule has 0 aliphatic carbocycles. The minimum atomic E-state index is -1.01. The van der Waals surface area contributed by atoms with Gasteiger partial charge in [-0.05, 0) is 66.3 Å². The molecule has 7 heteroatoms. The average molecular weight is 568 g/mol. The molecular formula is C35H37NO6. The van der Waals surface area contributed by atoms with E-state index in [1.54, 1.807) is 12.1 Å². The Labute approximate surface area is 247 Å². The summed E-state index contributed by atoms with van der Waals surface area (Å²) >= 11 is 0. The minimum Gasteiger partial charge on any atom is -0.496 e. The maximum absolute atomic E-state index is 11.4. The number of rotatable bonds is 16. The summed E-state index contributed by atoms with van der Waals surface area (Å²) in [5.41, 5.74) is 5.56. The molecule has 0 heterocycles. The highest BCUT2D eigenvalue weighted by molar-refractivity contribution is 5.88. The molecule has 0 fully saturated rings. The van der Waals surface area contributed by atoms with Crippen molar-refractivity contribution in [3.8, 4) is 22.6 Å². The number of hydrogen-bond donors (Lipinski definition) is 2. The van der Waals surface area contributed by atoms with Gasteiger partial charge in [-0.3, -0.25) is 9.69 Å². The molecule has 0 aliphatic rings. The summed E-state index contributed by atoms with van der Waals surface area (Å²) < 4.78 is 11.8. The maximum Gasteiger partial charge on any atom is 0.335 e. The summed E-state index contributed by atoms with van der Waals surface area (Å²) in [5, 5.41) is 18.4. The molecule has 0 radical (unpaired) electrons. The Hall–Kier alpha value is -4.62. The number of nitrogens with zero attached hydrogens (tertiary/aromatic N) is 1. The molecule has 4 aromatic rings. The number of unbranched alkanes of at least 4 members (excludes halogenated alkanes) is 1. The molecule has 0 atom stereocenters. The van der Waals surface area contributed by atoms with Gasteiger partial charge in [0.2, 0.25) is 0 Å². The van der Waals surface area contributed by atoms with Gasteiger partial charge in [-0.1, -0.05) is 78.9 Å². The third-order valence-electron chi connectivity index (χ3n) is 7.17. The maximum atomic E-state index is 11.4. The molecule has 2 N–H and O–H groups in total. The lowest BCUT2D eigenvalue weighted by Gasteiger charge is -2.24. The van der Waals surface area contributed by atoms with Gasteiger partial charge in [0, 0.05) is 25.1 Å². The minimum absolute atomic E-state index is 0.132. The highest BCUT2D eigenvalue weighted by atomic mass is 16.5. The van der Waals surface area contributed by atoms with Crippen LogP contribution < -0.4 is 9.47 Å². The number of ether oxygens (including phenoxy) is 2. The van der Waals surface area contributed by atoms with Gasteiger partial charge in [0.05, 0.1) is 12.7 Å². The summed E-state index contributed by atoms with van der Waals surface area (Å²) in [6, 6.07) is 31.6. The predicted molar refractivity (Wildman–Crippen MR) is 163 cm³/mol. The van der Waals surface area contributed by atoms with Crippen LogP contribution in [-0.4, -0.2) is 47.3 Å². The van der Waals surface area contributed by atoms with E-state index in [4.69, 9.17) is 14.6 Å². The summed E-state index contributed by atoms with van der Waals surface area (Å²) in [4.78, 5) is 24.7. The van der Waals surface area contributed by atoms with E-state index in [2.05, 4.69) is 47.4 Å². The zero-order valence-electron chi connectivity index (χ0n) is 23.9. The van der Waals surface area contributed by atoms with Gasteiger partial charge in [-0.15, -0.1) is 0 Å². The molecular weight excluding hydrogens is 530 g/mol. The average Bonchev–Trinajstić information content (AvgIpc) is 3.01. The van der Waals surface area contributed by atoms with E-state index in [0.717, 1.165) is 40.8 Å². The molecule has 0 bridgehead atoms. The Balaban J connectivity index is 1.41. The van der Waals surface area contributed by atoms with Crippen molar-refractivity contribution < 1.29 is 29.3 Å². The Kier molecular flexibility index (Phi) is 11.1. The van der Waals surface area contributed by atoms with Crippen LogP contribution in [-0.2, 0) is 24.4 Å². The second kappa shape index (κ2) is 15.4. The quantitative estimate of drug-likeness (QED) is 0.142. The number of para-hydroxylation sites is 1. The zero-order valence-corrected chi connectivity index (χ0v) is 23.9. The molecule has 0 unspecified atom stereocenters. The highest BCUT2D eigenvalue weighted by Gasteiger charge is 2.14. The number of carbonyl (C=O) groups is 2. The van der Waals surface area contributed by atoms with Crippen LogP contribution in [0.1, 0.15) is 46.3 Å². The molecule has 0 spiro atoms. The fraction of sp³-hybridized carbons (Fsp3) is 0.257. The van der Waals surface area contributed by atoms with Crippen LogP contribution in [0.4, 0.5) is 0 Å².